The highest BCUT2D eigenvalue weighted by molar-refractivity contribution is 5.87. The molecular weight excluding hydrogens is 255 g/mol. The molecule has 2 aromatic heterocycles. The van der Waals surface area contributed by atoms with Crippen LogP contribution in [0.5, 0.6) is 0 Å². The van der Waals surface area contributed by atoms with Gasteiger partial charge in [-0.3, -0.25) is 0 Å². The molecule has 0 aliphatic rings. The third-order valence-electron chi connectivity index (χ3n) is 3.11. The van der Waals surface area contributed by atoms with Gasteiger partial charge in [-0.25, -0.2) is 14.4 Å². The van der Waals surface area contributed by atoms with E-state index in [0.29, 0.717) is 12.4 Å². The average molecular weight is 270 g/mol. The van der Waals surface area contributed by atoms with E-state index in [0.717, 1.165) is 28.1 Å². The molecule has 4 nitrogen and oxygen atoms in total. The first kappa shape index (κ1) is 12.6. The van der Waals surface area contributed by atoms with Crippen LogP contribution >= 0.6 is 0 Å². The highest BCUT2D eigenvalue weighted by Gasteiger charge is 2.08. The summed E-state index contributed by atoms with van der Waals surface area (Å²) in [6, 6.07) is 8.45. The Morgan fingerprint density at radius 2 is 1.90 bits per heavy atom. The van der Waals surface area contributed by atoms with Crippen molar-refractivity contribution in [3.63, 3.8) is 0 Å². The van der Waals surface area contributed by atoms with Crippen LogP contribution in [-0.2, 0) is 6.54 Å². The number of fused-ring (bicyclic) bond motifs is 1. The number of hydrogen-bond donors (Lipinski definition) is 2. The number of benzene rings is 1. The predicted octanol–water partition coefficient (Wildman–Crippen LogP) is 3.33. The van der Waals surface area contributed by atoms with Gasteiger partial charge in [0, 0.05) is 12.2 Å². The van der Waals surface area contributed by atoms with Gasteiger partial charge in [-0.1, -0.05) is 12.1 Å². The molecule has 3 rings (SSSR count). The zero-order valence-corrected chi connectivity index (χ0v) is 11.4. The van der Waals surface area contributed by atoms with E-state index in [1.807, 2.05) is 19.9 Å². The lowest BCUT2D eigenvalue weighted by molar-refractivity contribution is 0.627. The number of halogens is 1. The van der Waals surface area contributed by atoms with Crippen molar-refractivity contribution < 1.29 is 4.39 Å². The highest BCUT2D eigenvalue weighted by atomic mass is 19.1. The molecule has 0 fully saturated rings. The Labute approximate surface area is 116 Å². The highest BCUT2D eigenvalue weighted by Crippen LogP contribution is 2.21. The molecule has 0 bridgehead atoms. The second kappa shape index (κ2) is 4.92. The SMILES string of the molecule is Cc1nc(NCc2ccc(F)cc2)c2cc(C)[nH]c2n1. The summed E-state index contributed by atoms with van der Waals surface area (Å²) < 4.78 is 12.9. The summed E-state index contributed by atoms with van der Waals surface area (Å²) in [6.07, 6.45) is 0. The molecule has 2 N–H and O–H groups in total. The van der Waals surface area contributed by atoms with Gasteiger partial charge < -0.3 is 10.3 Å². The Morgan fingerprint density at radius 3 is 2.65 bits per heavy atom. The molecule has 0 unspecified atom stereocenters. The van der Waals surface area contributed by atoms with Crippen molar-refractivity contribution in [1.29, 1.82) is 0 Å². The maximum atomic E-state index is 12.9. The van der Waals surface area contributed by atoms with Crippen LogP contribution in [0, 0.1) is 19.7 Å². The van der Waals surface area contributed by atoms with Gasteiger partial charge in [0.2, 0.25) is 0 Å². The Hall–Kier alpha value is -2.43. The number of aromatic amines is 1. The molecule has 0 saturated carbocycles. The van der Waals surface area contributed by atoms with Crippen LogP contribution in [0.2, 0.25) is 0 Å². The van der Waals surface area contributed by atoms with Crippen molar-refractivity contribution in [2.45, 2.75) is 20.4 Å². The first-order chi connectivity index (χ1) is 9.61. The molecule has 0 saturated heterocycles. The minimum atomic E-state index is -0.227. The lowest BCUT2D eigenvalue weighted by Crippen LogP contribution is -2.03. The van der Waals surface area contributed by atoms with E-state index in [2.05, 4.69) is 20.3 Å². The van der Waals surface area contributed by atoms with Gasteiger partial charge in [-0.15, -0.1) is 0 Å². The molecule has 20 heavy (non-hydrogen) atoms. The largest absolute Gasteiger partial charge is 0.365 e. The summed E-state index contributed by atoms with van der Waals surface area (Å²) in [6.45, 7) is 4.44. The maximum absolute atomic E-state index is 12.9. The van der Waals surface area contributed by atoms with Gasteiger partial charge in [0.1, 0.15) is 23.1 Å². The quantitative estimate of drug-likeness (QED) is 0.767. The van der Waals surface area contributed by atoms with Crippen LogP contribution < -0.4 is 5.32 Å². The van der Waals surface area contributed by atoms with E-state index in [1.54, 1.807) is 12.1 Å². The van der Waals surface area contributed by atoms with E-state index in [-0.39, 0.29) is 5.82 Å². The van der Waals surface area contributed by atoms with Gasteiger partial charge in [-0.2, -0.15) is 0 Å². The second-order valence-corrected chi connectivity index (χ2v) is 4.81. The standard InChI is InChI=1S/C15H15FN4/c1-9-7-13-14(19-10(2)20-15(13)18-9)17-8-11-3-5-12(16)6-4-11/h3-7H,8H2,1-2H3,(H2,17,18,19,20). The fraction of sp³-hybridized carbons (Fsp3) is 0.200. The lowest BCUT2D eigenvalue weighted by Gasteiger charge is -2.07. The number of hydrogen-bond acceptors (Lipinski definition) is 3. The van der Waals surface area contributed by atoms with Crippen LogP contribution in [-0.4, -0.2) is 15.0 Å². The molecule has 0 aliphatic heterocycles. The van der Waals surface area contributed by atoms with E-state index in [9.17, 15) is 4.39 Å². The fourth-order valence-electron chi connectivity index (χ4n) is 2.18. The molecule has 102 valence electrons. The van der Waals surface area contributed by atoms with Crippen molar-refractivity contribution in [2.24, 2.45) is 0 Å². The van der Waals surface area contributed by atoms with Crippen LogP contribution in [0.4, 0.5) is 10.2 Å². The molecule has 0 radical (unpaired) electrons. The molecule has 0 aliphatic carbocycles. The fourth-order valence-corrected chi connectivity index (χ4v) is 2.18. The van der Waals surface area contributed by atoms with E-state index < -0.39 is 0 Å². The minimum Gasteiger partial charge on any atom is -0.365 e. The number of aryl methyl sites for hydroxylation is 2. The summed E-state index contributed by atoms with van der Waals surface area (Å²) in [5.41, 5.74) is 2.88. The van der Waals surface area contributed by atoms with E-state index in [1.165, 1.54) is 12.1 Å². The van der Waals surface area contributed by atoms with Crippen molar-refractivity contribution in [3.05, 3.63) is 53.2 Å². The number of anilines is 1. The molecule has 0 spiro atoms. The topological polar surface area (TPSA) is 53.6 Å². The Morgan fingerprint density at radius 1 is 1.15 bits per heavy atom. The monoisotopic (exact) mass is 270 g/mol. The number of aromatic nitrogens is 3. The molecule has 2 heterocycles. The Balaban J connectivity index is 1.88. The molecule has 3 aromatic rings. The van der Waals surface area contributed by atoms with Gasteiger partial charge >= 0.3 is 0 Å². The first-order valence-electron chi connectivity index (χ1n) is 6.44. The maximum Gasteiger partial charge on any atom is 0.143 e. The summed E-state index contributed by atoms with van der Waals surface area (Å²) in [7, 11) is 0. The predicted molar refractivity (Wildman–Crippen MR) is 77.1 cm³/mol. The van der Waals surface area contributed by atoms with Crippen molar-refractivity contribution in [1.82, 2.24) is 15.0 Å². The van der Waals surface area contributed by atoms with Crippen LogP contribution in [0.3, 0.4) is 0 Å². The molecule has 5 heteroatoms. The zero-order chi connectivity index (χ0) is 14.1. The number of rotatable bonds is 3. The van der Waals surface area contributed by atoms with Crippen LogP contribution in [0.15, 0.2) is 30.3 Å². The third kappa shape index (κ3) is 2.47. The van der Waals surface area contributed by atoms with E-state index >= 15 is 0 Å². The average Bonchev–Trinajstić information content (AvgIpc) is 2.78. The second-order valence-electron chi connectivity index (χ2n) is 4.81. The van der Waals surface area contributed by atoms with Gasteiger partial charge in [0.05, 0.1) is 5.39 Å². The van der Waals surface area contributed by atoms with Gasteiger partial charge in [-0.05, 0) is 37.6 Å². The first-order valence-corrected chi connectivity index (χ1v) is 6.44. The van der Waals surface area contributed by atoms with Crippen LogP contribution in [0.25, 0.3) is 11.0 Å². The summed E-state index contributed by atoms with van der Waals surface area (Å²) in [5, 5.41) is 4.25. The number of nitrogens with one attached hydrogen (secondary N) is 2. The number of nitrogens with zero attached hydrogens (tertiary/aromatic N) is 2. The Kier molecular flexibility index (Phi) is 3.10. The van der Waals surface area contributed by atoms with Crippen molar-refractivity contribution >= 4 is 16.9 Å². The van der Waals surface area contributed by atoms with Gasteiger partial charge in [0.25, 0.3) is 0 Å². The Bertz CT molecular complexity index is 746. The van der Waals surface area contributed by atoms with Crippen molar-refractivity contribution in [2.75, 3.05) is 5.32 Å². The summed E-state index contributed by atoms with van der Waals surface area (Å²) in [5.74, 6) is 1.28. The minimum absolute atomic E-state index is 0.227. The van der Waals surface area contributed by atoms with E-state index in [4.69, 9.17) is 0 Å². The van der Waals surface area contributed by atoms with Gasteiger partial charge in [0.15, 0.2) is 0 Å². The van der Waals surface area contributed by atoms with Crippen LogP contribution in [0.1, 0.15) is 17.1 Å². The molecular formula is C15H15FN4. The molecule has 0 amide bonds. The zero-order valence-electron chi connectivity index (χ0n) is 11.4. The lowest BCUT2D eigenvalue weighted by atomic mass is 10.2. The number of H-pyrrole nitrogens is 1. The normalized spacial score (nSPS) is 10.9. The third-order valence-corrected chi connectivity index (χ3v) is 3.11. The van der Waals surface area contributed by atoms with Crippen molar-refractivity contribution in [3.8, 4) is 0 Å². The summed E-state index contributed by atoms with van der Waals surface area (Å²) in [4.78, 5) is 12.0. The summed E-state index contributed by atoms with van der Waals surface area (Å²) >= 11 is 0. The molecule has 1 aromatic carbocycles. The molecule has 0 atom stereocenters. The smallest absolute Gasteiger partial charge is 0.143 e.